The molecule has 2 atom stereocenters. The molecule has 1 aliphatic heterocycles. The van der Waals surface area contributed by atoms with Crippen molar-refractivity contribution in [3.8, 4) is 17.0 Å². The lowest BCUT2D eigenvalue weighted by atomic mass is 10.0. The number of piperidine rings is 1. The smallest absolute Gasteiger partial charge is 0.308 e. The van der Waals surface area contributed by atoms with E-state index in [1.54, 1.807) is 11.3 Å². The zero-order valence-electron chi connectivity index (χ0n) is 23.0. The van der Waals surface area contributed by atoms with Crippen LogP contribution in [0.25, 0.3) is 11.3 Å². The molecule has 1 aromatic heterocycles. The molecule has 0 radical (unpaired) electrons. The van der Waals surface area contributed by atoms with Crippen molar-refractivity contribution in [2.75, 3.05) is 25.5 Å². The van der Waals surface area contributed by atoms with Crippen LogP contribution in [0.15, 0.2) is 41.8 Å². The fraction of sp³-hybridized carbons (Fsp3) is 0.452. The zero-order chi connectivity index (χ0) is 27.4. The third kappa shape index (κ3) is 6.44. The van der Waals surface area contributed by atoms with Gasteiger partial charge in [-0.15, -0.1) is 11.3 Å². The topological polar surface area (TPSA) is 80.8 Å². The van der Waals surface area contributed by atoms with Gasteiger partial charge in [0.05, 0.1) is 18.7 Å². The summed E-state index contributed by atoms with van der Waals surface area (Å²) >= 11 is 1.56. The summed E-state index contributed by atoms with van der Waals surface area (Å²) < 4.78 is 11.2. The molecule has 3 aromatic rings. The van der Waals surface area contributed by atoms with Gasteiger partial charge in [0.25, 0.3) is 5.91 Å². The van der Waals surface area contributed by atoms with Crippen molar-refractivity contribution in [2.24, 2.45) is 5.92 Å². The van der Waals surface area contributed by atoms with Gasteiger partial charge >= 0.3 is 5.97 Å². The minimum absolute atomic E-state index is 0.0379. The number of aryl methyl sites for hydroxylation is 2. The Kier molecular flexibility index (Phi) is 8.50. The van der Waals surface area contributed by atoms with Gasteiger partial charge in [-0.25, -0.2) is 4.98 Å². The van der Waals surface area contributed by atoms with Crippen LogP contribution in [0.4, 0.5) is 5.13 Å². The molecule has 1 N–H and O–H groups in total. The second-order valence-corrected chi connectivity index (χ2v) is 11.6. The Morgan fingerprint density at radius 3 is 2.67 bits per heavy atom. The second-order valence-electron chi connectivity index (χ2n) is 10.7. The van der Waals surface area contributed by atoms with Gasteiger partial charge in [0.2, 0.25) is 0 Å². The van der Waals surface area contributed by atoms with Crippen molar-refractivity contribution in [1.29, 1.82) is 0 Å². The molecule has 206 valence electrons. The number of nitrogens with zero attached hydrogens (tertiary/aromatic N) is 2. The maximum absolute atomic E-state index is 12.9. The monoisotopic (exact) mass is 547 g/mol. The molecule has 7 nitrogen and oxygen atoms in total. The number of benzene rings is 2. The first-order valence-electron chi connectivity index (χ1n) is 13.8. The lowest BCUT2D eigenvalue weighted by Crippen LogP contribution is -2.35. The van der Waals surface area contributed by atoms with Crippen molar-refractivity contribution in [3.05, 3.63) is 64.0 Å². The number of esters is 1. The Balaban J connectivity index is 1.25. The van der Waals surface area contributed by atoms with Gasteiger partial charge in [0.15, 0.2) is 5.13 Å². The number of likely N-dealkylation sites (tertiary alicyclic amines) is 1. The van der Waals surface area contributed by atoms with Crippen molar-refractivity contribution >= 4 is 28.3 Å². The highest BCUT2D eigenvalue weighted by Crippen LogP contribution is 2.35. The highest BCUT2D eigenvalue weighted by molar-refractivity contribution is 7.14. The summed E-state index contributed by atoms with van der Waals surface area (Å²) in [4.78, 5) is 31.6. The molecule has 1 saturated heterocycles. The number of hydrogen-bond donors (Lipinski definition) is 1. The number of nitrogens with one attached hydrogen (secondary N) is 1. The zero-order valence-corrected chi connectivity index (χ0v) is 23.8. The summed E-state index contributed by atoms with van der Waals surface area (Å²) in [5.41, 5.74) is 5.80. The van der Waals surface area contributed by atoms with E-state index < -0.39 is 0 Å². The maximum atomic E-state index is 12.9. The highest BCUT2D eigenvalue weighted by Gasteiger charge is 2.31. The summed E-state index contributed by atoms with van der Waals surface area (Å²) in [6, 6.07) is 12.3. The molecule has 0 unspecified atom stereocenters. The van der Waals surface area contributed by atoms with E-state index in [9.17, 15) is 9.59 Å². The minimum atomic E-state index is -0.126. The quantitative estimate of drug-likeness (QED) is 0.329. The molecule has 39 heavy (non-hydrogen) atoms. The fourth-order valence-electron chi connectivity index (χ4n) is 5.53. The van der Waals surface area contributed by atoms with E-state index in [1.807, 2.05) is 47.5 Å². The molecule has 1 aliphatic carbocycles. The van der Waals surface area contributed by atoms with Gasteiger partial charge in [-0.05, 0) is 87.8 Å². The van der Waals surface area contributed by atoms with Crippen molar-refractivity contribution in [1.82, 2.24) is 9.88 Å². The number of aromatic nitrogens is 1. The number of carbonyl (C=O) groups is 2. The Bertz CT molecular complexity index is 1330. The Morgan fingerprint density at radius 1 is 1.08 bits per heavy atom. The van der Waals surface area contributed by atoms with E-state index in [0.717, 1.165) is 89.6 Å². The van der Waals surface area contributed by atoms with E-state index in [4.69, 9.17) is 14.5 Å². The minimum Gasteiger partial charge on any atom is -0.488 e. The van der Waals surface area contributed by atoms with E-state index in [-0.39, 0.29) is 23.8 Å². The number of ether oxygens (including phenoxy) is 2. The summed E-state index contributed by atoms with van der Waals surface area (Å²) in [5, 5.41) is 6.39. The van der Waals surface area contributed by atoms with Crippen molar-refractivity contribution in [2.45, 2.75) is 65.0 Å². The summed E-state index contributed by atoms with van der Waals surface area (Å²) in [7, 11) is 1.45. The Hall–Kier alpha value is -3.39. The predicted molar refractivity (Wildman–Crippen MR) is 154 cm³/mol. The highest BCUT2D eigenvalue weighted by atomic mass is 32.1. The fourth-order valence-corrected chi connectivity index (χ4v) is 6.32. The summed E-state index contributed by atoms with van der Waals surface area (Å²) in [5.74, 6) is 0.734. The number of anilines is 1. The van der Waals surface area contributed by atoms with Gasteiger partial charge in [-0.1, -0.05) is 17.7 Å². The first kappa shape index (κ1) is 27.2. The summed E-state index contributed by atoms with van der Waals surface area (Å²) in [6.45, 7) is 6.20. The molecular weight excluding hydrogens is 510 g/mol. The van der Waals surface area contributed by atoms with Crippen LogP contribution in [0, 0.1) is 19.8 Å². The second kappa shape index (κ2) is 12.2. The number of carbonyl (C=O) groups excluding carboxylic acids is 2. The van der Waals surface area contributed by atoms with E-state index >= 15 is 0 Å². The Morgan fingerprint density at radius 2 is 1.90 bits per heavy atom. The maximum Gasteiger partial charge on any atom is 0.308 e. The van der Waals surface area contributed by atoms with Gasteiger partial charge in [-0.2, -0.15) is 0 Å². The van der Waals surface area contributed by atoms with Crippen LogP contribution in [0.1, 0.15) is 65.6 Å². The molecule has 2 aromatic carbocycles. The van der Waals surface area contributed by atoms with Crippen LogP contribution in [0.3, 0.4) is 0 Å². The van der Waals surface area contributed by atoms with Crippen LogP contribution in [-0.2, 0) is 16.1 Å². The van der Waals surface area contributed by atoms with Crippen LogP contribution >= 0.6 is 11.3 Å². The molecule has 2 aliphatic rings. The molecule has 0 bridgehead atoms. The largest absolute Gasteiger partial charge is 0.488 e. The molecule has 5 rings (SSSR count). The van der Waals surface area contributed by atoms with Crippen molar-refractivity contribution < 1.29 is 19.1 Å². The van der Waals surface area contributed by atoms with Crippen LogP contribution in [-0.4, -0.2) is 48.0 Å². The van der Waals surface area contributed by atoms with Crippen LogP contribution < -0.4 is 10.1 Å². The SMILES string of the molecule is COC(=O)[C@@H]1CC[C@H](Nc2nc(-c3cc(C)ccc3OCc3ccc(C(=O)N4CCCCC4)cc3C)cs2)C1. The van der Waals surface area contributed by atoms with Gasteiger partial charge in [0.1, 0.15) is 12.4 Å². The molecule has 2 heterocycles. The van der Waals surface area contributed by atoms with Crippen LogP contribution in [0.2, 0.25) is 0 Å². The average Bonchev–Trinajstić information content (AvgIpc) is 3.62. The molecule has 0 spiro atoms. The molecule has 1 saturated carbocycles. The number of amides is 1. The van der Waals surface area contributed by atoms with Gasteiger partial charge < -0.3 is 19.7 Å². The lowest BCUT2D eigenvalue weighted by Gasteiger charge is -2.27. The first-order chi connectivity index (χ1) is 18.9. The summed E-state index contributed by atoms with van der Waals surface area (Å²) in [6.07, 6.45) is 5.91. The van der Waals surface area contributed by atoms with E-state index in [2.05, 4.69) is 18.3 Å². The lowest BCUT2D eigenvalue weighted by molar-refractivity contribution is -0.145. The van der Waals surface area contributed by atoms with E-state index in [0.29, 0.717) is 6.61 Å². The van der Waals surface area contributed by atoms with Crippen molar-refractivity contribution in [3.63, 3.8) is 0 Å². The number of hydrogen-bond acceptors (Lipinski definition) is 7. The normalized spacial score (nSPS) is 19.1. The number of rotatable bonds is 8. The average molecular weight is 548 g/mol. The Labute approximate surface area is 234 Å². The van der Waals surface area contributed by atoms with Crippen LogP contribution in [0.5, 0.6) is 5.75 Å². The molecule has 8 heteroatoms. The molecule has 1 amide bonds. The molecular formula is C31H37N3O4S. The number of thiazole rings is 1. The number of methoxy groups -OCH3 is 1. The van der Waals surface area contributed by atoms with Gasteiger partial charge in [-0.3, -0.25) is 9.59 Å². The predicted octanol–water partition coefficient (Wildman–Crippen LogP) is 6.39. The molecule has 2 fully saturated rings. The first-order valence-corrected chi connectivity index (χ1v) is 14.7. The standard InChI is InChI=1S/C31H37N3O4S/c1-20-7-12-28(38-18-24-9-8-22(16-21(24)2)29(35)34-13-5-4-6-14-34)26(15-20)27-19-39-31(33-27)32-25-11-10-23(17-25)30(36)37-3/h7-9,12,15-16,19,23,25H,4-6,10-11,13-14,17-18H2,1-3H3,(H,32,33)/t23-,25+/m1/s1. The van der Waals surface area contributed by atoms with Gasteiger partial charge in [0, 0.05) is 35.6 Å². The third-order valence-electron chi connectivity index (χ3n) is 7.83. The third-order valence-corrected chi connectivity index (χ3v) is 8.60. The van der Waals surface area contributed by atoms with E-state index in [1.165, 1.54) is 13.5 Å².